The average Bonchev–Trinajstić information content (AvgIpc) is 1.98. The summed E-state index contributed by atoms with van der Waals surface area (Å²) in [5, 5.41) is 17.8. The highest BCUT2D eigenvalue weighted by atomic mass is 16.3. The maximum atomic E-state index is 9.27. The second kappa shape index (κ2) is 5.69. The number of rotatable bonds is 5. The van der Waals surface area contributed by atoms with Gasteiger partial charge in [-0.05, 0) is 25.2 Å². The molecule has 10 heavy (non-hydrogen) atoms. The van der Waals surface area contributed by atoms with Crippen molar-refractivity contribution in [1.29, 1.82) is 0 Å². The number of hydrogen-bond acceptors (Lipinski definition) is 2. The fourth-order valence-electron chi connectivity index (χ4n) is 1.01. The van der Waals surface area contributed by atoms with Crippen LogP contribution < -0.4 is 0 Å². The predicted molar refractivity (Wildman–Crippen MR) is 41.8 cm³/mol. The minimum absolute atomic E-state index is 0.188. The molecule has 2 atom stereocenters. The van der Waals surface area contributed by atoms with Crippen molar-refractivity contribution in [2.75, 3.05) is 6.61 Å². The molecule has 0 aromatic heterocycles. The van der Waals surface area contributed by atoms with E-state index in [1.165, 1.54) is 0 Å². The molecule has 0 amide bonds. The molecular formula is C8H18O2. The molecule has 0 aliphatic rings. The Labute approximate surface area is 62.9 Å². The Hall–Kier alpha value is -0.0800. The molecule has 2 unspecified atom stereocenters. The lowest BCUT2D eigenvalue weighted by atomic mass is 9.98. The fourth-order valence-corrected chi connectivity index (χ4v) is 1.01. The molecule has 0 aliphatic carbocycles. The van der Waals surface area contributed by atoms with E-state index in [2.05, 4.69) is 0 Å². The van der Waals surface area contributed by atoms with Crippen molar-refractivity contribution in [2.45, 2.75) is 39.2 Å². The third-order valence-electron chi connectivity index (χ3n) is 1.89. The lowest BCUT2D eigenvalue weighted by molar-refractivity contribution is 0.103. The molecule has 0 fully saturated rings. The van der Waals surface area contributed by atoms with Gasteiger partial charge in [0.15, 0.2) is 0 Å². The van der Waals surface area contributed by atoms with Crippen LogP contribution in [-0.2, 0) is 0 Å². The van der Waals surface area contributed by atoms with Gasteiger partial charge in [-0.1, -0.05) is 13.8 Å². The summed E-state index contributed by atoms with van der Waals surface area (Å²) >= 11 is 0. The quantitative estimate of drug-likeness (QED) is 0.611. The maximum absolute atomic E-state index is 9.27. The predicted octanol–water partition coefficient (Wildman–Crippen LogP) is 1.17. The molecule has 0 saturated heterocycles. The van der Waals surface area contributed by atoms with Crippen LogP contribution in [0.4, 0.5) is 0 Å². The van der Waals surface area contributed by atoms with Gasteiger partial charge in [-0.3, -0.25) is 0 Å². The van der Waals surface area contributed by atoms with Crippen LogP contribution in [-0.4, -0.2) is 22.9 Å². The molecule has 0 bridgehead atoms. The third kappa shape index (κ3) is 3.85. The summed E-state index contributed by atoms with van der Waals surface area (Å²) in [5.74, 6) is 0.331. The summed E-state index contributed by atoms with van der Waals surface area (Å²) in [6, 6.07) is 0. The van der Waals surface area contributed by atoms with E-state index < -0.39 is 0 Å². The summed E-state index contributed by atoms with van der Waals surface area (Å²) in [6.45, 7) is 4.23. The van der Waals surface area contributed by atoms with Crippen molar-refractivity contribution < 1.29 is 10.2 Å². The van der Waals surface area contributed by atoms with E-state index in [0.717, 1.165) is 19.3 Å². The molecule has 0 aliphatic heterocycles. The SMILES string of the molecule is CCC(O)C(C)CCCO. The highest BCUT2D eigenvalue weighted by molar-refractivity contribution is 4.61. The van der Waals surface area contributed by atoms with Crippen LogP contribution in [0, 0.1) is 5.92 Å². The molecule has 0 spiro atoms. The normalized spacial score (nSPS) is 16.8. The highest BCUT2D eigenvalue weighted by Crippen LogP contribution is 2.12. The van der Waals surface area contributed by atoms with Crippen molar-refractivity contribution in [1.82, 2.24) is 0 Å². The van der Waals surface area contributed by atoms with E-state index in [1.54, 1.807) is 0 Å². The Morgan fingerprint density at radius 3 is 2.40 bits per heavy atom. The average molecular weight is 146 g/mol. The Balaban J connectivity index is 3.31. The van der Waals surface area contributed by atoms with Gasteiger partial charge in [0.05, 0.1) is 6.10 Å². The van der Waals surface area contributed by atoms with Gasteiger partial charge in [0.1, 0.15) is 0 Å². The maximum Gasteiger partial charge on any atom is 0.0563 e. The summed E-state index contributed by atoms with van der Waals surface area (Å²) in [7, 11) is 0. The van der Waals surface area contributed by atoms with Gasteiger partial charge in [0.2, 0.25) is 0 Å². The number of hydrogen-bond donors (Lipinski definition) is 2. The third-order valence-corrected chi connectivity index (χ3v) is 1.89. The van der Waals surface area contributed by atoms with Gasteiger partial charge < -0.3 is 10.2 Å². The molecular weight excluding hydrogens is 128 g/mol. The summed E-state index contributed by atoms with van der Waals surface area (Å²) in [6.07, 6.45) is 2.35. The van der Waals surface area contributed by atoms with Crippen LogP contribution in [0.25, 0.3) is 0 Å². The molecule has 0 rings (SSSR count). The van der Waals surface area contributed by atoms with Gasteiger partial charge in [-0.25, -0.2) is 0 Å². The second-order valence-corrected chi connectivity index (χ2v) is 2.82. The van der Waals surface area contributed by atoms with Crippen LogP contribution in [0.15, 0.2) is 0 Å². The van der Waals surface area contributed by atoms with Gasteiger partial charge >= 0.3 is 0 Å². The molecule has 2 N–H and O–H groups in total. The first kappa shape index (κ1) is 9.92. The first-order valence-electron chi connectivity index (χ1n) is 4.01. The van der Waals surface area contributed by atoms with E-state index >= 15 is 0 Å². The first-order valence-corrected chi connectivity index (χ1v) is 4.01. The lowest BCUT2D eigenvalue weighted by Gasteiger charge is -2.15. The Morgan fingerprint density at radius 1 is 1.40 bits per heavy atom. The molecule has 2 heteroatoms. The molecule has 0 saturated carbocycles. The Bertz CT molecular complexity index is 73.7. The van der Waals surface area contributed by atoms with Crippen LogP contribution in [0.1, 0.15) is 33.1 Å². The molecule has 2 nitrogen and oxygen atoms in total. The number of aliphatic hydroxyl groups is 2. The number of aliphatic hydroxyl groups excluding tert-OH is 2. The van der Waals surface area contributed by atoms with Gasteiger partial charge in [0, 0.05) is 6.61 Å². The van der Waals surface area contributed by atoms with Crippen LogP contribution in [0.2, 0.25) is 0 Å². The van der Waals surface area contributed by atoms with E-state index in [4.69, 9.17) is 5.11 Å². The van der Waals surface area contributed by atoms with E-state index in [0.29, 0.717) is 5.92 Å². The largest absolute Gasteiger partial charge is 0.396 e. The minimum atomic E-state index is -0.188. The molecule has 0 heterocycles. The van der Waals surface area contributed by atoms with Crippen molar-refractivity contribution in [3.63, 3.8) is 0 Å². The molecule has 62 valence electrons. The summed E-state index contributed by atoms with van der Waals surface area (Å²) < 4.78 is 0. The standard InChI is InChI=1S/C8H18O2/c1-3-8(10)7(2)5-4-6-9/h7-10H,3-6H2,1-2H3. The molecule has 0 aromatic carbocycles. The van der Waals surface area contributed by atoms with Crippen molar-refractivity contribution in [3.05, 3.63) is 0 Å². The summed E-state index contributed by atoms with van der Waals surface area (Å²) in [5.41, 5.74) is 0. The smallest absolute Gasteiger partial charge is 0.0563 e. The summed E-state index contributed by atoms with van der Waals surface area (Å²) in [4.78, 5) is 0. The van der Waals surface area contributed by atoms with E-state index in [-0.39, 0.29) is 12.7 Å². The van der Waals surface area contributed by atoms with Gasteiger partial charge in [-0.15, -0.1) is 0 Å². The first-order chi connectivity index (χ1) is 4.72. The fraction of sp³-hybridized carbons (Fsp3) is 1.00. The zero-order chi connectivity index (χ0) is 7.98. The molecule has 0 radical (unpaired) electrons. The Morgan fingerprint density at radius 2 is 2.00 bits per heavy atom. The Kier molecular flexibility index (Phi) is 5.64. The highest BCUT2D eigenvalue weighted by Gasteiger charge is 2.10. The van der Waals surface area contributed by atoms with Crippen molar-refractivity contribution in [2.24, 2.45) is 5.92 Å². The van der Waals surface area contributed by atoms with E-state index in [1.807, 2.05) is 13.8 Å². The zero-order valence-electron chi connectivity index (χ0n) is 6.88. The van der Waals surface area contributed by atoms with Gasteiger partial charge in [0.25, 0.3) is 0 Å². The molecule has 0 aromatic rings. The topological polar surface area (TPSA) is 40.5 Å². The van der Waals surface area contributed by atoms with Crippen molar-refractivity contribution >= 4 is 0 Å². The zero-order valence-corrected chi connectivity index (χ0v) is 6.88. The monoisotopic (exact) mass is 146 g/mol. The van der Waals surface area contributed by atoms with Crippen LogP contribution >= 0.6 is 0 Å². The second-order valence-electron chi connectivity index (χ2n) is 2.82. The van der Waals surface area contributed by atoms with Crippen LogP contribution in [0.3, 0.4) is 0 Å². The van der Waals surface area contributed by atoms with E-state index in [9.17, 15) is 5.11 Å². The minimum Gasteiger partial charge on any atom is -0.396 e. The van der Waals surface area contributed by atoms with Crippen LogP contribution in [0.5, 0.6) is 0 Å². The lowest BCUT2D eigenvalue weighted by Crippen LogP contribution is -2.16. The van der Waals surface area contributed by atoms with Crippen molar-refractivity contribution in [3.8, 4) is 0 Å². The van der Waals surface area contributed by atoms with Gasteiger partial charge in [-0.2, -0.15) is 0 Å².